The molecule has 0 aromatic heterocycles. The fraction of sp³-hybridized carbons (Fsp3) is 0.429. The second kappa shape index (κ2) is 8.47. The zero-order valence-electron chi connectivity index (χ0n) is 11.6. The maximum Gasteiger partial charge on any atom is 0.326 e. The Hall–Kier alpha value is -1.69. The SMILES string of the molecule is CCOc1ccccc1C(=O)NC(CCSC)C(=O)O. The van der Waals surface area contributed by atoms with Gasteiger partial charge in [-0.1, -0.05) is 12.1 Å². The highest BCUT2D eigenvalue weighted by Crippen LogP contribution is 2.18. The quantitative estimate of drug-likeness (QED) is 0.768. The Balaban J connectivity index is 2.80. The number of benzene rings is 1. The van der Waals surface area contributed by atoms with E-state index in [2.05, 4.69) is 5.32 Å². The molecule has 0 saturated heterocycles. The summed E-state index contributed by atoms with van der Waals surface area (Å²) in [5.41, 5.74) is 0.352. The number of carbonyl (C=O) groups is 2. The Labute approximate surface area is 122 Å². The molecule has 20 heavy (non-hydrogen) atoms. The van der Waals surface area contributed by atoms with Crippen molar-refractivity contribution in [3.63, 3.8) is 0 Å². The summed E-state index contributed by atoms with van der Waals surface area (Å²) >= 11 is 1.54. The summed E-state index contributed by atoms with van der Waals surface area (Å²) in [5, 5.41) is 11.6. The third kappa shape index (κ3) is 4.77. The first kappa shape index (κ1) is 16.4. The molecular formula is C14H19NO4S. The van der Waals surface area contributed by atoms with E-state index in [9.17, 15) is 9.59 Å². The molecule has 1 rings (SSSR count). The van der Waals surface area contributed by atoms with E-state index in [-0.39, 0.29) is 0 Å². The fourth-order valence-corrected chi connectivity index (χ4v) is 2.14. The molecule has 110 valence electrons. The molecule has 5 nitrogen and oxygen atoms in total. The Morgan fingerprint density at radius 3 is 2.70 bits per heavy atom. The number of carbonyl (C=O) groups excluding carboxylic acids is 1. The Bertz CT molecular complexity index is 464. The number of thioether (sulfide) groups is 1. The molecule has 0 heterocycles. The Kier molecular flexibility index (Phi) is 6.93. The highest BCUT2D eigenvalue weighted by atomic mass is 32.2. The molecule has 1 unspecified atom stereocenters. The molecule has 0 spiro atoms. The molecule has 2 N–H and O–H groups in total. The van der Waals surface area contributed by atoms with E-state index in [0.29, 0.717) is 30.1 Å². The summed E-state index contributed by atoms with van der Waals surface area (Å²) < 4.78 is 5.37. The highest BCUT2D eigenvalue weighted by Gasteiger charge is 2.21. The van der Waals surface area contributed by atoms with Gasteiger partial charge in [0.25, 0.3) is 5.91 Å². The standard InChI is InChI=1S/C14H19NO4S/c1-3-19-12-7-5-4-6-10(12)13(16)15-11(14(17)18)8-9-20-2/h4-7,11H,3,8-9H2,1-2H3,(H,15,16)(H,17,18). The lowest BCUT2D eigenvalue weighted by Gasteiger charge is -2.15. The van der Waals surface area contributed by atoms with Gasteiger partial charge >= 0.3 is 5.97 Å². The van der Waals surface area contributed by atoms with Crippen molar-refractivity contribution in [1.82, 2.24) is 5.32 Å². The first-order valence-electron chi connectivity index (χ1n) is 6.34. The molecule has 1 aromatic carbocycles. The van der Waals surface area contributed by atoms with E-state index in [1.54, 1.807) is 36.0 Å². The lowest BCUT2D eigenvalue weighted by molar-refractivity contribution is -0.139. The molecule has 0 radical (unpaired) electrons. The summed E-state index contributed by atoms with van der Waals surface area (Å²) in [6.07, 6.45) is 2.28. The van der Waals surface area contributed by atoms with Gasteiger partial charge in [0.15, 0.2) is 0 Å². The number of aliphatic carboxylic acids is 1. The maximum atomic E-state index is 12.2. The van der Waals surface area contributed by atoms with Crippen LogP contribution in [0.3, 0.4) is 0 Å². The van der Waals surface area contributed by atoms with Crippen molar-refractivity contribution < 1.29 is 19.4 Å². The predicted octanol–water partition coefficient (Wildman–Crippen LogP) is 2.02. The number of para-hydroxylation sites is 1. The van der Waals surface area contributed by atoms with Crippen LogP contribution in [0.2, 0.25) is 0 Å². The maximum absolute atomic E-state index is 12.2. The van der Waals surface area contributed by atoms with Crippen molar-refractivity contribution >= 4 is 23.6 Å². The molecule has 0 bridgehead atoms. The summed E-state index contributed by atoms with van der Waals surface area (Å²) in [6, 6.07) is 5.91. The summed E-state index contributed by atoms with van der Waals surface area (Å²) in [6.45, 7) is 2.27. The molecule has 1 amide bonds. The lowest BCUT2D eigenvalue weighted by Crippen LogP contribution is -2.41. The van der Waals surface area contributed by atoms with E-state index in [0.717, 1.165) is 0 Å². The van der Waals surface area contributed by atoms with Crippen LogP contribution in [0.1, 0.15) is 23.7 Å². The lowest BCUT2D eigenvalue weighted by atomic mass is 10.1. The van der Waals surface area contributed by atoms with Crippen LogP contribution in [-0.4, -0.2) is 41.6 Å². The second-order valence-corrected chi connectivity index (χ2v) is 5.06. The van der Waals surface area contributed by atoms with Gasteiger partial charge in [-0.05, 0) is 37.5 Å². The van der Waals surface area contributed by atoms with Crippen molar-refractivity contribution in [1.29, 1.82) is 0 Å². The van der Waals surface area contributed by atoms with E-state index in [1.165, 1.54) is 0 Å². The van der Waals surface area contributed by atoms with Crippen LogP contribution in [0, 0.1) is 0 Å². The third-order valence-corrected chi connectivity index (χ3v) is 3.29. The van der Waals surface area contributed by atoms with E-state index < -0.39 is 17.9 Å². The number of hydrogen-bond acceptors (Lipinski definition) is 4. The van der Waals surface area contributed by atoms with E-state index in [4.69, 9.17) is 9.84 Å². The topological polar surface area (TPSA) is 75.6 Å². The Morgan fingerprint density at radius 2 is 2.10 bits per heavy atom. The van der Waals surface area contributed by atoms with Crippen LogP contribution in [0.5, 0.6) is 5.75 Å². The third-order valence-electron chi connectivity index (χ3n) is 2.65. The first-order chi connectivity index (χ1) is 9.60. The second-order valence-electron chi connectivity index (χ2n) is 4.07. The van der Waals surface area contributed by atoms with Gasteiger partial charge < -0.3 is 15.2 Å². The average Bonchev–Trinajstić information content (AvgIpc) is 2.43. The monoisotopic (exact) mass is 297 g/mol. The van der Waals surface area contributed by atoms with Gasteiger partial charge in [-0.25, -0.2) is 4.79 Å². The van der Waals surface area contributed by atoms with Gasteiger partial charge in [-0.2, -0.15) is 11.8 Å². The van der Waals surface area contributed by atoms with Crippen molar-refractivity contribution in [2.75, 3.05) is 18.6 Å². The number of hydrogen-bond donors (Lipinski definition) is 2. The molecule has 0 saturated carbocycles. The van der Waals surface area contributed by atoms with Crippen LogP contribution in [0.15, 0.2) is 24.3 Å². The van der Waals surface area contributed by atoms with Crippen LogP contribution >= 0.6 is 11.8 Å². The van der Waals surface area contributed by atoms with Crippen LogP contribution < -0.4 is 10.1 Å². The number of ether oxygens (including phenoxy) is 1. The van der Waals surface area contributed by atoms with Crippen molar-refractivity contribution in [3.05, 3.63) is 29.8 Å². The predicted molar refractivity (Wildman–Crippen MR) is 79.5 cm³/mol. The van der Waals surface area contributed by atoms with Crippen LogP contribution in [0.4, 0.5) is 0 Å². The minimum atomic E-state index is -1.03. The van der Waals surface area contributed by atoms with E-state index in [1.807, 2.05) is 13.2 Å². The molecular weight excluding hydrogens is 278 g/mol. The molecule has 1 aromatic rings. The van der Waals surface area contributed by atoms with Crippen molar-refractivity contribution in [2.45, 2.75) is 19.4 Å². The smallest absolute Gasteiger partial charge is 0.326 e. The molecule has 0 fully saturated rings. The van der Waals surface area contributed by atoms with Gasteiger partial charge in [-0.15, -0.1) is 0 Å². The van der Waals surface area contributed by atoms with Crippen LogP contribution in [0.25, 0.3) is 0 Å². The van der Waals surface area contributed by atoms with Crippen molar-refractivity contribution in [2.24, 2.45) is 0 Å². The molecule has 0 aliphatic rings. The largest absolute Gasteiger partial charge is 0.493 e. The zero-order valence-corrected chi connectivity index (χ0v) is 12.4. The number of nitrogens with one attached hydrogen (secondary N) is 1. The fourth-order valence-electron chi connectivity index (χ4n) is 1.66. The summed E-state index contributed by atoms with van der Waals surface area (Å²) in [7, 11) is 0. The zero-order chi connectivity index (χ0) is 15.0. The highest BCUT2D eigenvalue weighted by molar-refractivity contribution is 7.98. The normalized spacial score (nSPS) is 11.7. The van der Waals surface area contributed by atoms with Crippen molar-refractivity contribution in [3.8, 4) is 5.75 Å². The first-order valence-corrected chi connectivity index (χ1v) is 7.74. The number of rotatable bonds is 8. The summed E-state index contributed by atoms with van der Waals surface area (Å²) in [4.78, 5) is 23.3. The number of carboxylic acids is 1. The van der Waals surface area contributed by atoms with Gasteiger partial charge in [0.2, 0.25) is 0 Å². The number of amides is 1. The van der Waals surface area contributed by atoms with Crippen LogP contribution in [-0.2, 0) is 4.79 Å². The molecule has 1 atom stereocenters. The molecule has 0 aliphatic carbocycles. The van der Waals surface area contributed by atoms with Gasteiger partial charge in [0, 0.05) is 0 Å². The minimum Gasteiger partial charge on any atom is -0.493 e. The Morgan fingerprint density at radius 1 is 1.40 bits per heavy atom. The van der Waals surface area contributed by atoms with E-state index >= 15 is 0 Å². The molecule has 0 aliphatic heterocycles. The minimum absolute atomic E-state index is 0.352. The molecule has 6 heteroatoms. The van der Waals surface area contributed by atoms with Gasteiger partial charge in [0.1, 0.15) is 11.8 Å². The number of carboxylic acid groups (broad SMARTS) is 1. The summed E-state index contributed by atoms with van der Waals surface area (Å²) in [5.74, 6) is -0.324. The van der Waals surface area contributed by atoms with Gasteiger partial charge in [-0.3, -0.25) is 4.79 Å². The average molecular weight is 297 g/mol. The van der Waals surface area contributed by atoms with Gasteiger partial charge in [0.05, 0.1) is 12.2 Å².